The highest BCUT2D eigenvalue weighted by molar-refractivity contribution is 7.90. The van der Waals surface area contributed by atoms with E-state index in [1.54, 1.807) is 36.5 Å². The monoisotopic (exact) mass is 185 g/mol. The number of sulfonamides is 1. The van der Waals surface area contributed by atoms with Crippen LogP contribution in [0.25, 0.3) is 0 Å². The van der Waals surface area contributed by atoms with Crippen molar-refractivity contribution in [3.63, 3.8) is 0 Å². The van der Waals surface area contributed by atoms with Crippen LogP contribution in [0.4, 0.5) is 0 Å². The average molecular weight is 185 g/mol. The third kappa shape index (κ3) is 2.06. The molecule has 0 atom stereocenters. The Morgan fingerprint density at radius 2 is 1.58 bits per heavy atom. The van der Waals surface area contributed by atoms with Crippen LogP contribution < -0.4 is 4.72 Å². The quantitative estimate of drug-likeness (QED) is 0.684. The van der Waals surface area contributed by atoms with E-state index in [0.717, 1.165) is 0 Å². The molecule has 0 saturated carbocycles. The Kier molecular flexibility index (Phi) is 2.83. The maximum Gasteiger partial charge on any atom is 0.221 e. The van der Waals surface area contributed by atoms with Crippen molar-refractivity contribution in [2.24, 2.45) is 0 Å². The zero-order valence-electron chi connectivity index (χ0n) is 6.77. The lowest BCUT2D eigenvalue weighted by Gasteiger charge is -2.06. The molecule has 0 saturated heterocycles. The SMILES string of the molecule is CNS(=O)(=O)C1C=CC=CC=C1. The summed E-state index contributed by atoms with van der Waals surface area (Å²) in [5.41, 5.74) is 0. The van der Waals surface area contributed by atoms with Crippen LogP contribution in [0, 0.1) is 0 Å². The molecule has 66 valence electrons. The fourth-order valence-corrected chi connectivity index (χ4v) is 1.75. The smallest absolute Gasteiger partial charge is 0.218 e. The molecule has 0 fully saturated rings. The third-order valence-corrected chi connectivity index (χ3v) is 3.18. The van der Waals surface area contributed by atoms with Gasteiger partial charge in [0.05, 0.1) is 0 Å². The minimum Gasteiger partial charge on any atom is -0.218 e. The Bertz CT molecular complexity index is 309. The van der Waals surface area contributed by atoms with Gasteiger partial charge in [-0.05, 0) is 7.05 Å². The third-order valence-electron chi connectivity index (χ3n) is 1.58. The van der Waals surface area contributed by atoms with Crippen molar-refractivity contribution in [2.75, 3.05) is 7.05 Å². The molecular weight excluding hydrogens is 174 g/mol. The summed E-state index contributed by atoms with van der Waals surface area (Å²) in [7, 11) is -1.80. The number of allylic oxidation sites excluding steroid dienone is 4. The Balaban J connectivity index is 2.91. The largest absolute Gasteiger partial charge is 0.221 e. The standard InChI is InChI=1S/C8H11NO2S/c1-9-12(10,11)8-6-4-2-3-5-7-8/h2-9H,1H3. The molecule has 0 amide bonds. The molecule has 1 rings (SSSR count). The molecular formula is C8H11NO2S. The van der Waals surface area contributed by atoms with Gasteiger partial charge in [0.2, 0.25) is 10.0 Å². The minimum atomic E-state index is -3.21. The van der Waals surface area contributed by atoms with Crippen molar-refractivity contribution in [2.45, 2.75) is 5.25 Å². The molecule has 12 heavy (non-hydrogen) atoms. The summed E-state index contributed by atoms with van der Waals surface area (Å²) in [4.78, 5) is 0. The number of rotatable bonds is 2. The van der Waals surface area contributed by atoms with Crippen LogP contribution in [0.1, 0.15) is 0 Å². The maximum atomic E-state index is 11.3. The van der Waals surface area contributed by atoms with Crippen LogP contribution >= 0.6 is 0 Å². The first kappa shape index (κ1) is 9.22. The molecule has 0 unspecified atom stereocenters. The highest BCUT2D eigenvalue weighted by Gasteiger charge is 2.17. The Morgan fingerprint density at radius 3 is 2.00 bits per heavy atom. The van der Waals surface area contributed by atoms with Crippen LogP contribution in [0.2, 0.25) is 0 Å². The van der Waals surface area contributed by atoms with Crippen molar-refractivity contribution in [3.05, 3.63) is 36.5 Å². The molecule has 0 aromatic rings. The molecule has 1 aliphatic carbocycles. The van der Waals surface area contributed by atoms with Crippen LogP contribution in [0.15, 0.2) is 36.5 Å². The van der Waals surface area contributed by atoms with Crippen LogP contribution in [-0.2, 0) is 10.0 Å². The van der Waals surface area contributed by atoms with Crippen molar-refractivity contribution in [1.29, 1.82) is 0 Å². The van der Waals surface area contributed by atoms with Gasteiger partial charge in [-0.2, -0.15) is 0 Å². The van der Waals surface area contributed by atoms with Gasteiger partial charge < -0.3 is 0 Å². The molecule has 3 nitrogen and oxygen atoms in total. The van der Waals surface area contributed by atoms with Crippen molar-refractivity contribution < 1.29 is 8.42 Å². The zero-order valence-corrected chi connectivity index (χ0v) is 7.58. The summed E-state index contributed by atoms with van der Waals surface area (Å²) in [5.74, 6) is 0. The maximum absolute atomic E-state index is 11.3. The second kappa shape index (κ2) is 3.69. The highest BCUT2D eigenvalue weighted by Crippen LogP contribution is 2.05. The van der Waals surface area contributed by atoms with Gasteiger partial charge in [0, 0.05) is 0 Å². The summed E-state index contributed by atoms with van der Waals surface area (Å²) < 4.78 is 24.8. The van der Waals surface area contributed by atoms with Crippen LogP contribution in [0.3, 0.4) is 0 Å². The van der Waals surface area contributed by atoms with Gasteiger partial charge in [-0.15, -0.1) is 0 Å². The van der Waals surface area contributed by atoms with Crippen LogP contribution in [0.5, 0.6) is 0 Å². The zero-order chi connectivity index (χ0) is 9.03. The summed E-state index contributed by atoms with van der Waals surface area (Å²) >= 11 is 0. The Hall–Kier alpha value is -0.870. The van der Waals surface area contributed by atoms with E-state index < -0.39 is 15.3 Å². The first-order chi connectivity index (χ1) is 5.67. The lowest BCUT2D eigenvalue weighted by Crippen LogP contribution is -2.28. The van der Waals surface area contributed by atoms with Gasteiger partial charge >= 0.3 is 0 Å². The van der Waals surface area contributed by atoms with Gasteiger partial charge in [-0.1, -0.05) is 36.5 Å². The molecule has 0 spiro atoms. The van der Waals surface area contributed by atoms with E-state index in [0.29, 0.717) is 0 Å². The lowest BCUT2D eigenvalue weighted by molar-refractivity contribution is 0.586. The molecule has 0 radical (unpaired) electrons. The topological polar surface area (TPSA) is 46.2 Å². The molecule has 0 aromatic heterocycles. The van der Waals surface area contributed by atoms with Crippen molar-refractivity contribution >= 4 is 10.0 Å². The Morgan fingerprint density at radius 1 is 1.08 bits per heavy atom. The van der Waals surface area contributed by atoms with Gasteiger partial charge in [0.25, 0.3) is 0 Å². The predicted molar refractivity (Wildman–Crippen MR) is 49.2 cm³/mol. The molecule has 0 aliphatic heterocycles. The molecule has 0 aromatic carbocycles. The summed E-state index contributed by atoms with van der Waals surface area (Å²) in [5, 5.41) is -0.558. The van der Waals surface area contributed by atoms with E-state index in [2.05, 4.69) is 4.72 Å². The fraction of sp³-hybridized carbons (Fsp3) is 0.250. The van der Waals surface area contributed by atoms with Crippen molar-refractivity contribution in [1.82, 2.24) is 4.72 Å². The van der Waals surface area contributed by atoms with Gasteiger partial charge in [-0.3, -0.25) is 0 Å². The first-order valence-corrected chi connectivity index (χ1v) is 5.15. The number of nitrogens with one attached hydrogen (secondary N) is 1. The van der Waals surface area contributed by atoms with E-state index in [9.17, 15) is 8.42 Å². The molecule has 4 heteroatoms. The lowest BCUT2D eigenvalue weighted by atomic mass is 10.4. The second-order valence-electron chi connectivity index (χ2n) is 2.37. The summed E-state index contributed by atoms with van der Waals surface area (Å²) in [6, 6.07) is 0. The average Bonchev–Trinajstić information content (AvgIpc) is 2.32. The summed E-state index contributed by atoms with van der Waals surface area (Å²) in [6.07, 6.45) is 10.3. The van der Waals surface area contributed by atoms with E-state index >= 15 is 0 Å². The normalized spacial score (nSPS) is 18.1. The predicted octanol–water partition coefficient (Wildman–Crippen LogP) is 0.586. The van der Waals surface area contributed by atoms with E-state index in [1.165, 1.54) is 7.05 Å². The Labute approximate surface area is 72.5 Å². The fourth-order valence-electron chi connectivity index (χ4n) is 0.883. The van der Waals surface area contributed by atoms with E-state index in [1.807, 2.05) is 0 Å². The van der Waals surface area contributed by atoms with Crippen molar-refractivity contribution in [3.8, 4) is 0 Å². The molecule has 1 aliphatic rings. The van der Waals surface area contributed by atoms with E-state index in [-0.39, 0.29) is 0 Å². The van der Waals surface area contributed by atoms with Gasteiger partial charge in [-0.25, -0.2) is 13.1 Å². The molecule has 1 N–H and O–H groups in total. The number of hydrogen-bond acceptors (Lipinski definition) is 2. The first-order valence-electron chi connectivity index (χ1n) is 3.61. The van der Waals surface area contributed by atoms with Gasteiger partial charge in [0.1, 0.15) is 5.25 Å². The second-order valence-corrected chi connectivity index (χ2v) is 4.41. The minimum absolute atomic E-state index is 0.558. The number of hydrogen-bond donors (Lipinski definition) is 1. The van der Waals surface area contributed by atoms with Gasteiger partial charge in [0.15, 0.2) is 0 Å². The van der Waals surface area contributed by atoms with E-state index in [4.69, 9.17) is 0 Å². The molecule has 0 heterocycles. The highest BCUT2D eigenvalue weighted by atomic mass is 32.2. The summed E-state index contributed by atoms with van der Waals surface area (Å²) in [6.45, 7) is 0. The van der Waals surface area contributed by atoms with Crippen LogP contribution in [-0.4, -0.2) is 20.7 Å². The molecule has 0 bridgehead atoms.